The van der Waals surface area contributed by atoms with E-state index in [1.807, 2.05) is 0 Å². The molecular formula is C63H43N3. The van der Waals surface area contributed by atoms with E-state index in [4.69, 9.17) is 4.98 Å². The number of anilines is 6. The van der Waals surface area contributed by atoms with E-state index in [-0.39, 0.29) is 0 Å². The first-order valence-electron chi connectivity index (χ1n) is 22.5. The minimum atomic E-state index is 0.943. The second-order valence-electron chi connectivity index (χ2n) is 16.8. The zero-order chi connectivity index (χ0) is 43.8. The summed E-state index contributed by atoms with van der Waals surface area (Å²) in [6, 6.07) is 91.7. The van der Waals surface area contributed by atoms with E-state index in [1.165, 1.54) is 32.7 Å². The number of rotatable bonds is 9. The molecule has 0 fully saturated rings. The Kier molecular flexibility index (Phi) is 9.85. The zero-order valence-corrected chi connectivity index (χ0v) is 36.2. The number of para-hydroxylation sites is 2. The van der Waals surface area contributed by atoms with Gasteiger partial charge in [-0.15, -0.1) is 0 Å². The van der Waals surface area contributed by atoms with E-state index in [0.29, 0.717) is 0 Å². The van der Waals surface area contributed by atoms with Gasteiger partial charge in [-0.1, -0.05) is 188 Å². The van der Waals surface area contributed by atoms with Crippen LogP contribution < -0.4 is 9.80 Å². The first kappa shape index (κ1) is 38.9. The molecule has 0 saturated carbocycles. The Morgan fingerprint density at radius 1 is 0.242 bits per heavy atom. The lowest BCUT2D eigenvalue weighted by Gasteiger charge is -2.28. The summed E-state index contributed by atoms with van der Waals surface area (Å²) < 4.78 is 0. The molecule has 3 nitrogen and oxygen atoms in total. The van der Waals surface area contributed by atoms with E-state index in [0.717, 1.165) is 78.1 Å². The van der Waals surface area contributed by atoms with Crippen LogP contribution in [0.1, 0.15) is 0 Å². The van der Waals surface area contributed by atoms with Crippen molar-refractivity contribution in [3.63, 3.8) is 0 Å². The second kappa shape index (κ2) is 16.7. The average molecular weight is 842 g/mol. The fraction of sp³-hybridized carbons (Fsp3) is 0. The van der Waals surface area contributed by atoms with E-state index < -0.39 is 0 Å². The van der Waals surface area contributed by atoms with Crippen LogP contribution in [-0.2, 0) is 0 Å². The summed E-state index contributed by atoms with van der Waals surface area (Å²) in [5, 5.41) is 8.16. The van der Waals surface area contributed by atoms with E-state index in [9.17, 15) is 0 Å². The quantitative estimate of drug-likeness (QED) is 0.135. The summed E-state index contributed by atoms with van der Waals surface area (Å²) in [5.74, 6) is 0. The number of hydrogen-bond acceptors (Lipinski definition) is 3. The predicted octanol–water partition coefficient (Wildman–Crippen LogP) is 17.6. The molecule has 0 amide bonds. The second-order valence-corrected chi connectivity index (χ2v) is 16.8. The zero-order valence-electron chi connectivity index (χ0n) is 36.2. The topological polar surface area (TPSA) is 19.4 Å². The number of hydrogen-bond donors (Lipinski definition) is 0. The van der Waals surface area contributed by atoms with Crippen LogP contribution in [0.2, 0.25) is 0 Å². The smallest absolute Gasteiger partial charge is 0.0794 e. The van der Waals surface area contributed by atoms with Crippen LogP contribution in [-0.4, -0.2) is 4.98 Å². The average Bonchev–Trinajstić information content (AvgIpc) is 3.39. The van der Waals surface area contributed by atoms with Crippen molar-refractivity contribution in [3.05, 3.63) is 261 Å². The van der Waals surface area contributed by atoms with E-state index >= 15 is 0 Å². The molecule has 0 atom stereocenters. The summed E-state index contributed by atoms with van der Waals surface area (Å²) in [6.45, 7) is 0. The molecule has 1 aromatic heterocycles. The van der Waals surface area contributed by atoms with Crippen molar-refractivity contribution in [2.45, 2.75) is 0 Å². The molecule has 0 bridgehead atoms. The molecule has 12 aromatic rings. The van der Waals surface area contributed by atoms with Crippen molar-refractivity contribution in [3.8, 4) is 33.4 Å². The van der Waals surface area contributed by atoms with Gasteiger partial charge in [0, 0.05) is 39.4 Å². The molecule has 66 heavy (non-hydrogen) atoms. The van der Waals surface area contributed by atoms with Gasteiger partial charge in [0.15, 0.2) is 0 Å². The third kappa shape index (κ3) is 7.10. The van der Waals surface area contributed by atoms with Crippen molar-refractivity contribution in [2.75, 3.05) is 9.80 Å². The normalized spacial score (nSPS) is 11.3. The molecular weight excluding hydrogens is 799 g/mol. The van der Waals surface area contributed by atoms with Crippen molar-refractivity contribution in [2.24, 2.45) is 0 Å². The summed E-state index contributed by atoms with van der Waals surface area (Å²) in [4.78, 5) is 10.3. The molecule has 310 valence electrons. The lowest BCUT2D eigenvalue weighted by Crippen LogP contribution is -2.11. The van der Waals surface area contributed by atoms with Crippen molar-refractivity contribution < 1.29 is 0 Å². The molecule has 0 saturated heterocycles. The molecule has 12 rings (SSSR count). The lowest BCUT2D eigenvalue weighted by molar-refractivity contribution is 1.26. The fourth-order valence-corrected chi connectivity index (χ4v) is 9.68. The summed E-state index contributed by atoms with van der Waals surface area (Å²) in [5.41, 5.74) is 14.1. The molecule has 0 spiro atoms. The third-order valence-corrected chi connectivity index (χ3v) is 12.8. The Labute approximate surface area is 384 Å². The fourth-order valence-electron chi connectivity index (χ4n) is 9.68. The van der Waals surface area contributed by atoms with Gasteiger partial charge in [0.1, 0.15) is 0 Å². The molecule has 0 N–H and O–H groups in total. The van der Waals surface area contributed by atoms with Gasteiger partial charge in [0.25, 0.3) is 0 Å². The highest BCUT2D eigenvalue weighted by atomic mass is 15.2. The van der Waals surface area contributed by atoms with Crippen LogP contribution in [0.15, 0.2) is 261 Å². The van der Waals surface area contributed by atoms with Gasteiger partial charge < -0.3 is 9.80 Å². The highest BCUT2D eigenvalue weighted by Crippen LogP contribution is 2.48. The monoisotopic (exact) mass is 841 g/mol. The molecule has 0 radical (unpaired) electrons. The minimum Gasteiger partial charge on any atom is -0.310 e. The molecule has 0 unspecified atom stereocenters. The largest absolute Gasteiger partial charge is 0.310 e. The number of aromatic nitrogens is 1. The van der Waals surface area contributed by atoms with E-state index in [2.05, 4.69) is 271 Å². The standard InChI is InChI=1S/C63H43N3/c1-5-17-44(18-6-1)47-29-31-49(32-30-47)62-59-41-56(65(52-25-9-3-10-26-52)54-35-33-45-19-13-15-23-50(45)39-54)37-38-58(59)61(48-21-7-2-8-22-48)60-42-57(43-64-63(60)62)66(53-27-11-4-12-28-53)55-36-34-46-20-14-16-24-51(46)40-55/h1-43H. The SMILES string of the molecule is c1ccc(-c2ccc(-c3c4cc(N(c5ccccc5)c5ccc6ccccc6c5)ccc4c(-c4ccccc4)c4cc(N(c5ccccc5)c5ccc6ccccc6c5)cnc34)cc2)cc1. The number of nitrogens with zero attached hydrogens (tertiary/aromatic N) is 3. The molecule has 0 aliphatic carbocycles. The Morgan fingerprint density at radius 2 is 0.652 bits per heavy atom. The van der Waals surface area contributed by atoms with Crippen molar-refractivity contribution >= 4 is 77.3 Å². The molecule has 11 aromatic carbocycles. The Morgan fingerprint density at radius 3 is 1.23 bits per heavy atom. The molecule has 1 heterocycles. The van der Waals surface area contributed by atoms with Crippen LogP contribution in [0, 0.1) is 0 Å². The number of pyridine rings is 1. The summed E-state index contributed by atoms with van der Waals surface area (Å²) in [7, 11) is 0. The maximum Gasteiger partial charge on any atom is 0.0794 e. The molecule has 0 aliphatic heterocycles. The Bertz CT molecular complexity index is 3680. The maximum atomic E-state index is 5.58. The Hall–Kier alpha value is -8.79. The first-order valence-corrected chi connectivity index (χ1v) is 22.5. The Balaban J connectivity index is 1.15. The van der Waals surface area contributed by atoms with Gasteiger partial charge in [0.05, 0.1) is 17.4 Å². The van der Waals surface area contributed by atoms with Gasteiger partial charge in [-0.2, -0.15) is 0 Å². The van der Waals surface area contributed by atoms with Crippen LogP contribution in [0.5, 0.6) is 0 Å². The van der Waals surface area contributed by atoms with Gasteiger partial charge in [-0.05, 0) is 127 Å². The number of fused-ring (bicyclic) bond motifs is 4. The van der Waals surface area contributed by atoms with Gasteiger partial charge in [-0.25, -0.2) is 0 Å². The highest BCUT2D eigenvalue weighted by molar-refractivity contribution is 6.21. The molecule has 0 aliphatic rings. The number of benzene rings is 11. The van der Waals surface area contributed by atoms with Crippen LogP contribution >= 0.6 is 0 Å². The summed E-state index contributed by atoms with van der Waals surface area (Å²) >= 11 is 0. The van der Waals surface area contributed by atoms with Crippen molar-refractivity contribution in [1.29, 1.82) is 0 Å². The molecule has 3 heteroatoms. The van der Waals surface area contributed by atoms with Crippen molar-refractivity contribution in [1.82, 2.24) is 4.98 Å². The maximum absolute atomic E-state index is 5.58. The minimum absolute atomic E-state index is 0.943. The summed E-state index contributed by atoms with van der Waals surface area (Å²) in [6.07, 6.45) is 2.06. The van der Waals surface area contributed by atoms with E-state index in [1.54, 1.807) is 0 Å². The van der Waals surface area contributed by atoms with Crippen LogP contribution in [0.4, 0.5) is 34.1 Å². The van der Waals surface area contributed by atoms with Crippen LogP contribution in [0.3, 0.4) is 0 Å². The van der Waals surface area contributed by atoms with Gasteiger partial charge in [0.2, 0.25) is 0 Å². The first-order chi connectivity index (χ1) is 32.7. The van der Waals surface area contributed by atoms with Crippen LogP contribution in [0.25, 0.3) is 76.6 Å². The highest BCUT2D eigenvalue weighted by Gasteiger charge is 2.23. The van der Waals surface area contributed by atoms with Gasteiger partial charge in [-0.3, -0.25) is 4.98 Å². The third-order valence-electron chi connectivity index (χ3n) is 12.8. The van der Waals surface area contributed by atoms with Gasteiger partial charge >= 0.3 is 0 Å². The lowest BCUT2D eigenvalue weighted by atomic mass is 9.87. The predicted molar refractivity (Wildman–Crippen MR) is 280 cm³/mol.